The van der Waals surface area contributed by atoms with E-state index in [4.69, 9.17) is 4.74 Å². The zero-order valence-electron chi connectivity index (χ0n) is 18.5. The Hall–Kier alpha value is -2.34. The Morgan fingerprint density at radius 1 is 1.23 bits per heavy atom. The van der Waals surface area contributed by atoms with Crippen LogP contribution in [0.3, 0.4) is 0 Å². The van der Waals surface area contributed by atoms with Crippen molar-refractivity contribution in [3.05, 3.63) is 41.7 Å². The first-order valence-electron chi connectivity index (χ1n) is 11.9. The summed E-state index contributed by atoms with van der Waals surface area (Å²) in [6.45, 7) is 5.26. The molecule has 2 amide bonds. The van der Waals surface area contributed by atoms with Gasteiger partial charge in [0.2, 0.25) is 5.91 Å². The van der Waals surface area contributed by atoms with Crippen molar-refractivity contribution in [1.82, 2.24) is 15.5 Å². The van der Waals surface area contributed by atoms with Crippen LogP contribution in [0, 0.1) is 5.92 Å². The molecule has 2 N–H and O–H groups in total. The van der Waals surface area contributed by atoms with E-state index in [1.54, 1.807) is 6.08 Å². The second kappa shape index (κ2) is 10.3. The zero-order valence-corrected chi connectivity index (χ0v) is 18.5. The summed E-state index contributed by atoms with van der Waals surface area (Å²) >= 11 is 0. The summed E-state index contributed by atoms with van der Waals surface area (Å²) in [5, 5.41) is 6.19. The third-order valence-corrected chi connectivity index (χ3v) is 6.94. The van der Waals surface area contributed by atoms with Crippen LogP contribution in [-0.2, 0) is 14.3 Å². The molecule has 2 heterocycles. The average Bonchev–Trinajstić information content (AvgIpc) is 2.78. The molecule has 1 aromatic rings. The summed E-state index contributed by atoms with van der Waals surface area (Å²) in [5.41, 5.74) is 0.943. The van der Waals surface area contributed by atoms with E-state index in [0.29, 0.717) is 18.2 Å². The van der Waals surface area contributed by atoms with Gasteiger partial charge < -0.3 is 20.3 Å². The van der Waals surface area contributed by atoms with Crippen molar-refractivity contribution in [2.45, 2.75) is 70.1 Å². The molecule has 4 atom stereocenters. The molecular formula is C25H35N3O3. The molecule has 0 radical (unpaired) electrons. The molecule has 4 rings (SSSR count). The summed E-state index contributed by atoms with van der Waals surface area (Å²) < 4.78 is 6.02. The van der Waals surface area contributed by atoms with Crippen molar-refractivity contribution in [1.29, 1.82) is 0 Å². The Balaban J connectivity index is 1.22. The number of piperidine rings is 1. The van der Waals surface area contributed by atoms with Crippen molar-refractivity contribution in [2.24, 2.45) is 5.92 Å². The Morgan fingerprint density at radius 2 is 2.06 bits per heavy atom. The van der Waals surface area contributed by atoms with Crippen LogP contribution in [0.4, 0.5) is 0 Å². The van der Waals surface area contributed by atoms with Gasteiger partial charge in [-0.05, 0) is 63.6 Å². The highest BCUT2D eigenvalue weighted by Crippen LogP contribution is 2.31. The first-order valence-corrected chi connectivity index (χ1v) is 11.9. The topological polar surface area (TPSA) is 70.7 Å². The third kappa shape index (κ3) is 5.67. The van der Waals surface area contributed by atoms with Gasteiger partial charge in [-0.25, -0.2) is 0 Å². The second-order valence-corrected chi connectivity index (χ2v) is 9.19. The minimum atomic E-state index is -0.193. The van der Waals surface area contributed by atoms with E-state index in [0.717, 1.165) is 37.9 Å². The maximum absolute atomic E-state index is 12.7. The lowest BCUT2D eigenvalue weighted by atomic mass is 9.82. The molecule has 0 spiro atoms. The van der Waals surface area contributed by atoms with Crippen molar-refractivity contribution < 1.29 is 14.3 Å². The van der Waals surface area contributed by atoms with E-state index in [1.165, 1.54) is 25.8 Å². The van der Waals surface area contributed by atoms with E-state index in [1.807, 2.05) is 30.3 Å². The minimum Gasteiger partial charge on any atom is -0.483 e. The van der Waals surface area contributed by atoms with E-state index < -0.39 is 0 Å². The minimum absolute atomic E-state index is 0.0567. The fourth-order valence-electron chi connectivity index (χ4n) is 5.06. The average molecular weight is 426 g/mol. The highest BCUT2D eigenvalue weighted by molar-refractivity contribution is 5.96. The van der Waals surface area contributed by atoms with Gasteiger partial charge in [0, 0.05) is 25.0 Å². The van der Waals surface area contributed by atoms with Crippen LogP contribution in [0.1, 0.15) is 57.4 Å². The van der Waals surface area contributed by atoms with Crippen LogP contribution in [-0.4, -0.2) is 54.5 Å². The van der Waals surface area contributed by atoms with Crippen molar-refractivity contribution in [3.8, 4) is 0 Å². The number of nitrogens with zero attached hydrogens (tertiary/aromatic N) is 1. The lowest BCUT2D eigenvalue weighted by Gasteiger charge is -2.39. The number of carbonyl (C=O) groups is 2. The standard InChI is InChI=1S/C25H35N3O3/c1-18-8-5-6-14-28(18)15-7-13-26-24(29)20-11-12-22-21(17-20)27-25(30)23(31-22)16-19-9-3-2-4-10-19/h2-4,9-10,16,18,20-22H,5-8,11-15,17H2,1H3,(H,26,29)(H,27,30)/b23-16-. The van der Waals surface area contributed by atoms with Gasteiger partial charge in [-0.1, -0.05) is 36.8 Å². The quantitative estimate of drug-likeness (QED) is 0.543. The summed E-state index contributed by atoms with van der Waals surface area (Å²) in [7, 11) is 0. The fraction of sp³-hybridized carbons (Fsp3) is 0.600. The van der Waals surface area contributed by atoms with Crippen molar-refractivity contribution in [2.75, 3.05) is 19.6 Å². The molecular weight excluding hydrogens is 390 g/mol. The van der Waals surface area contributed by atoms with Gasteiger partial charge in [-0.3, -0.25) is 9.59 Å². The van der Waals surface area contributed by atoms with Crippen LogP contribution < -0.4 is 10.6 Å². The maximum Gasteiger partial charge on any atom is 0.286 e. The van der Waals surface area contributed by atoms with Crippen LogP contribution in [0.15, 0.2) is 36.1 Å². The van der Waals surface area contributed by atoms with Gasteiger partial charge in [-0.2, -0.15) is 0 Å². The molecule has 3 aliphatic rings. The molecule has 6 heteroatoms. The first kappa shape index (κ1) is 21.9. The molecule has 6 nitrogen and oxygen atoms in total. The number of ether oxygens (including phenoxy) is 1. The molecule has 1 saturated carbocycles. The number of morpholine rings is 1. The van der Waals surface area contributed by atoms with Gasteiger partial charge in [0.15, 0.2) is 5.76 Å². The largest absolute Gasteiger partial charge is 0.483 e. The number of amides is 2. The first-order chi connectivity index (χ1) is 15.1. The molecule has 4 unspecified atom stereocenters. The monoisotopic (exact) mass is 425 g/mol. The Labute approximate surface area is 185 Å². The number of benzene rings is 1. The summed E-state index contributed by atoms with van der Waals surface area (Å²) in [6.07, 6.45) is 8.84. The maximum atomic E-state index is 12.7. The van der Waals surface area contributed by atoms with Crippen LogP contribution in [0.5, 0.6) is 0 Å². The number of fused-ring (bicyclic) bond motifs is 1. The molecule has 2 saturated heterocycles. The predicted octanol–water partition coefficient (Wildman–Crippen LogP) is 3.09. The summed E-state index contributed by atoms with van der Waals surface area (Å²) in [4.78, 5) is 27.7. The van der Waals surface area contributed by atoms with E-state index in [2.05, 4.69) is 22.5 Å². The van der Waals surface area contributed by atoms with Crippen molar-refractivity contribution in [3.63, 3.8) is 0 Å². The van der Waals surface area contributed by atoms with Gasteiger partial charge in [0.25, 0.3) is 5.91 Å². The number of carbonyl (C=O) groups excluding carboxylic acids is 2. The Morgan fingerprint density at radius 3 is 2.87 bits per heavy atom. The summed E-state index contributed by atoms with van der Waals surface area (Å²) in [6, 6.07) is 10.3. The van der Waals surface area contributed by atoms with Crippen LogP contribution in [0.2, 0.25) is 0 Å². The number of rotatable bonds is 6. The lowest BCUT2D eigenvalue weighted by molar-refractivity contribution is -0.134. The molecule has 31 heavy (non-hydrogen) atoms. The normalized spacial score (nSPS) is 30.2. The lowest BCUT2D eigenvalue weighted by Crippen LogP contribution is -2.54. The molecule has 168 valence electrons. The van der Waals surface area contributed by atoms with E-state index in [9.17, 15) is 9.59 Å². The van der Waals surface area contributed by atoms with Crippen molar-refractivity contribution >= 4 is 17.9 Å². The SMILES string of the molecule is CC1CCCCN1CCCNC(=O)C1CCC2O/C(=C\c3ccccc3)C(=O)NC2C1. The van der Waals surface area contributed by atoms with Crippen LogP contribution >= 0.6 is 0 Å². The van der Waals surface area contributed by atoms with Gasteiger partial charge in [0.1, 0.15) is 6.10 Å². The molecule has 2 aliphatic heterocycles. The highest BCUT2D eigenvalue weighted by Gasteiger charge is 2.40. The molecule has 0 bridgehead atoms. The smallest absolute Gasteiger partial charge is 0.286 e. The van der Waals surface area contributed by atoms with Crippen LogP contribution in [0.25, 0.3) is 6.08 Å². The van der Waals surface area contributed by atoms with E-state index in [-0.39, 0.29) is 29.9 Å². The Bertz CT molecular complexity index is 794. The fourth-order valence-corrected chi connectivity index (χ4v) is 5.06. The number of hydrogen-bond acceptors (Lipinski definition) is 4. The number of likely N-dealkylation sites (tertiary alicyclic amines) is 1. The van der Waals surface area contributed by atoms with Gasteiger partial charge in [0.05, 0.1) is 6.04 Å². The Kier molecular flexibility index (Phi) is 7.28. The molecule has 1 aliphatic carbocycles. The molecule has 3 fully saturated rings. The second-order valence-electron chi connectivity index (χ2n) is 9.19. The number of nitrogens with one attached hydrogen (secondary N) is 2. The predicted molar refractivity (Wildman–Crippen MR) is 121 cm³/mol. The molecule has 1 aromatic carbocycles. The number of hydrogen-bond donors (Lipinski definition) is 2. The van der Waals surface area contributed by atoms with E-state index >= 15 is 0 Å². The van der Waals surface area contributed by atoms with Gasteiger partial charge in [-0.15, -0.1) is 0 Å². The molecule has 0 aromatic heterocycles. The third-order valence-electron chi connectivity index (χ3n) is 6.94. The highest BCUT2D eigenvalue weighted by atomic mass is 16.5. The zero-order chi connectivity index (χ0) is 21.6. The summed E-state index contributed by atoms with van der Waals surface area (Å²) in [5.74, 6) is 0.229. The van der Waals surface area contributed by atoms with Gasteiger partial charge >= 0.3 is 0 Å².